The average Bonchev–Trinajstić information content (AvgIpc) is 2.63. The van der Waals surface area contributed by atoms with E-state index in [1.807, 2.05) is 55.4 Å². The molecule has 0 aliphatic carbocycles. The van der Waals surface area contributed by atoms with Crippen LogP contribution in [0.25, 0.3) is 0 Å². The maximum absolute atomic E-state index is 5.01. The minimum absolute atomic E-state index is 0.897. The van der Waals surface area contributed by atoms with E-state index in [1.54, 1.807) is 7.11 Å². The predicted octanol–water partition coefficient (Wildman–Crippen LogP) is 7.46. The molecular formula is C21H44O. The Hall–Kier alpha value is -0.820. The van der Waals surface area contributed by atoms with E-state index in [1.165, 1.54) is 36.8 Å². The van der Waals surface area contributed by atoms with Crippen molar-refractivity contribution in [1.82, 2.24) is 0 Å². The molecule has 0 unspecified atom stereocenters. The Kier molecular flexibility index (Phi) is 42.8. The van der Waals surface area contributed by atoms with Crippen LogP contribution in [0.3, 0.4) is 0 Å². The molecule has 0 aliphatic rings. The highest BCUT2D eigenvalue weighted by Crippen LogP contribution is 2.08. The number of unbranched alkanes of at least 4 members (excludes halogenated alkanes) is 2. The van der Waals surface area contributed by atoms with Crippen LogP contribution in [0, 0.1) is 6.92 Å². The Morgan fingerprint density at radius 2 is 1.14 bits per heavy atom. The summed E-state index contributed by atoms with van der Waals surface area (Å²) in [7, 11) is 1.76. The van der Waals surface area contributed by atoms with E-state index >= 15 is 0 Å². The number of hydrogen-bond donors (Lipinski definition) is 0. The van der Waals surface area contributed by atoms with Crippen molar-refractivity contribution >= 4 is 0 Å². The molecule has 0 heterocycles. The molecule has 0 fully saturated rings. The molecule has 0 aliphatic heterocycles. The fourth-order valence-corrected chi connectivity index (χ4v) is 1.51. The van der Waals surface area contributed by atoms with Crippen molar-refractivity contribution in [2.75, 3.05) is 13.7 Å². The van der Waals surface area contributed by atoms with Gasteiger partial charge in [-0.25, -0.2) is 0 Å². The molecule has 1 rings (SSSR count). The Labute approximate surface area is 142 Å². The number of rotatable bonds is 6. The van der Waals surface area contributed by atoms with Gasteiger partial charge in [0, 0.05) is 13.7 Å². The number of methoxy groups -OCH3 is 1. The second kappa shape index (κ2) is 32.2. The monoisotopic (exact) mass is 312 g/mol. The molecule has 1 heteroatoms. The van der Waals surface area contributed by atoms with Gasteiger partial charge in [-0.2, -0.15) is 0 Å². The van der Waals surface area contributed by atoms with Crippen molar-refractivity contribution in [3.63, 3.8) is 0 Å². The molecule has 0 spiro atoms. The molecule has 0 aromatic heterocycles. The van der Waals surface area contributed by atoms with E-state index in [4.69, 9.17) is 4.74 Å². The molecule has 1 nitrogen and oxygen atoms in total. The zero-order valence-electron chi connectivity index (χ0n) is 17.3. The first-order valence-electron chi connectivity index (χ1n) is 9.37. The van der Waals surface area contributed by atoms with Crippen LogP contribution in [0.15, 0.2) is 24.3 Å². The van der Waals surface area contributed by atoms with E-state index in [0.29, 0.717) is 0 Å². The lowest BCUT2D eigenvalue weighted by Crippen LogP contribution is -1.90. The minimum Gasteiger partial charge on any atom is -0.385 e. The Bertz CT molecular complexity index is 239. The van der Waals surface area contributed by atoms with Crippen LogP contribution in [0.5, 0.6) is 0 Å². The summed E-state index contributed by atoms with van der Waals surface area (Å²) >= 11 is 0. The van der Waals surface area contributed by atoms with Crippen LogP contribution in [0.4, 0.5) is 0 Å². The summed E-state index contributed by atoms with van der Waals surface area (Å²) in [4.78, 5) is 0. The van der Waals surface area contributed by atoms with Gasteiger partial charge in [-0.05, 0) is 31.7 Å². The van der Waals surface area contributed by atoms with Crippen molar-refractivity contribution in [3.8, 4) is 0 Å². The smallest absolute Gasteiger partial charge is 0.0462 e. The molecule has 0 N–H and O–H groups in total. The molecule has 0 radical (unpaired) electrons. The Morgan fingerprint density at radius 3 is 1.55 bits per heavy atom. The summed E-state index contributed by atoms with van der Waals surface area (Å²) in [6.45, 7) is 19.0. The van der Waals surface area contributed by atoms with Gasteiger partial charge in [0.1, 0.15) is 0 Å². The maximum Gasteiger partial charge on any atom is 0.0462 e. The fraction of sp³-hybridized carbons (Fsp3) is 0.714. The van der Waals surface area contributed by atoms with Crippen LogP contribution in [0.1, 0.15) is 85.8 Å². The standard InChI is InChI=1S/C13H20O.4C2H6/c1-12-7-9-13(10-8-12)6-4-3-5-11-14-2;4*1-2/h7-10H,3-6,11H2,1-2H3;4*1-2H3. The van der Waals surface area contributed by atoms with Gasteiger partial charge < -0.3 is 4.74 Å². The van der Waals surface area contributed by atoms with Crippen molar-refractivity contribution in [3.05, 3.63) is 35.4 Å². The lowest BCUT2D eigenvalue weighted by atomic mass is 10.1. The molecule has 0 bridgehead atoms. The van der Waals surface area contributed by atoms with E-state index in [9.17, 15) is 0 Å². The van der Waals surface area contributed by atoms with Gasteiger partial charge in [-0.3, -0.25) is 0 Å². The summed E-state index contributed by atoms with van der Waals surface area (Å²) in [5.41, 5.74) is 2.79. The van der Waals surface area contributed by atoms with E-state index < -0.39 is 0 Å². The third-order valence-corrected chi connectivity index (χ3v) is 2.43. The third-order valence-electron chi connectivity index (χ3n) is 2.43. The SMILES string of the molecule is CC.CC.CC.CC.COCCCCCc1ccc(C)cc1. The van der Waals surface area contributed by atoms with Crippen molar-refractivity contribution < 1.29 is 4.74 Å². The highest BCUT2D eigenvalue weighted by atomic mass is 16.5. The van der Waals surface area contributed by atoms with Gasteiger partial charge in [-0.1, -0.05) is 91.6 Å². The van der Waals surface area contributed by atoms with Crippen molar-refractivity contribution in [2.45, 2.75) is 88.0 Å². The average molecular weight is 313 g/mol. The van der Waals surface area contributed by atoms with Gasteiger partial charge in [0.05, 0.1) is 0 Å². The first kappa shape index (κ1) is 29.2. The number of aryl methyl sites for hydroxylation is 2. The van der Waals surface area contributed by atoms with E-state index in [-0.39, 0.29) is 0 Å². The summed E-state index contributed by atoms with van der Waals surface area (Å²) in [5, 5.41) is 0. The molecular weight excluding hydrogens is 268 g/mol. The maximum atomic E-state index is 5.01. The number of ether oxygens (including phenoxy) is 1. The van der Waals surface area contributed by atoms with Crippen molar-refractivity contribution in [2.24, 2.45) is 0 Å². The van der Waals surface area contributed by atoms with Gasteiger partial charge >= 0.3 is 0 Å². The molecule has 22 heavy (non-hydrogen) atoms. The van der Waals surface area contributed by atoms with E-state index in [2.05, 4.69) is 31.2 Å². The minimum atomic E-state index is 0.897. The lowest BCUT2D eigenvalue weighted by molar-refractivity contribution is 0.192. The van der Waals surface area contributed by atoms with Crippen LogP contribution in [-0.4, -0.2) is 13.7 Å². The van der Waals surface area contributed by atoms with Gasteiger partial charge in [0.25, 0.3) is 0 Å². The summed E-state index contributed by atoms with van der Waals surface area (Å²) < 4.78 is 5.01. The van der Waals surface area contributed by atoms with Gasteiger partial charge in [0.15, 0.2) is 0 Å². The van der Waals surface area contributed by atoms with Gasteiger partial charge in [0.2, 0.25) is 0 Å². The fourth-order valence-electron chi connectivity index (χ4n) is 1.51. The molecule has 134 valence electrons. The Morgan fingerprint density at radius 1 is 0.682 bits per heavy atom. The second-order valence-corrected chi connectivity index (χ2v) is 3.79. The number of hydrogen-bond acceptors (Lipinski definition) is 1. The van der Waals surface area contributed by atoms with Crippen molar-refractivity contribution in [1.29, 1.82) is 0 Å². The second-order valence-electron chi connectivity index (χ2n) is 3.79. The largest absolute Gasteiger partial charge is 0.385 e. The van der Waals surface area contributed by atoms with Crippen LogP contribution >= 0.6 is 0 Å². The topological polar surface area (TPSA) is 9.23 Å². The first-order chi connectivity index (χ1) is 10.8. The summed E-state index contributed by atoms with van der Waals surface area (Å²) in [5.74, 6) is 0. The van der Waals surface area contributed by atoms with Crippen LogP contribution in [-0.2, 0) is 11.2 Å². The highest BCUT2D eigenvalue weighted by Gasteiger charge is 1.93. The zero-order valence-corrected chi connectivity index (χ0v) is 17.3. The molecule has 0 saturated heterocycles. The molecule has 0 atom stereocenters. The number of benzene rings is 1. The van der Waals surface area contributed by atoms with Gasteiger partial charge in [-0.15, -0.1) is 0 Å². The summed E-state index contributed by atoms with van der Waals surface area (Å²) in [6.07, 6.45) is 4.92. The Balaban J connectivity index is -0.000000175. The highest BCUT2D eigenvalue weighted by molar-refractivity contribution is 5.21. The third kappa shape index (κ3) is 24.2. The quantitative estimate of drug-likeness (QED) is 0.495. The normalized spacial score (nSPS) is 7.73. The van der Waals surface area contributed by atoms with Crippen LogP contribution < -0.4 is 0 Å². The predicted molar refractivity (Wildman–Crippen MR) is 106 cm³/mol. The molecule has 0 saturated carbocycles. The zero-order chi connectivity index (χ0) is 18.2. The molecule has 0 amide bonds. The first-order valence-corrected chi connectivity index (χ1v) is 9.37. The van der Waals surface area contributed by atoms with Crippen LogP contribution in [0.2, 0.25) is 0 Å². The van der Waals surface area contributed by atoms with E-state index in [0.717, 1.165) is 6.61 Å². The molecule has 1 aromatic carbocycles. The summed E-state index contributed by atoms with van der Waals surface area (Å²) in [6, 6.07) is 8.83. The lowest BCUT2D eigenvalue weighted by Gasteiger charge is -2.02. The molecule has 1 aromatic rings.